The van der Waals surface area contributed by atoms with Gasteiger partial charge in [-0.05, 0) is 0 Å². The zero-order valence-electron chi connectivity index (χ0n) is 3.74. The fraction of sp³-hybridized carbons (Fsp3) is 0. The van der Waals surface area contributed by atoms with Crippen LogP contribution in [0.1, 0.15) is 0 Å². The Hall–Kier alpha value is 4.47. The molecule has 1 rings (SSSR count). The van der Waals surface area contributed by atoms with Gasteiger partial charge in [-0.2, -0.15) is 0 Å². The van der Waals surface area contributed by atoms with Gasteiger partial charge in [0.15, 0.2) is 0 Å². The number of hydrogen-bond acceptors (Lipinski definition) is 0. The van der Waals surface area contributed by atoms with Gasteiger partial charge < -0.3 is 0 Å². The Morgan fingerprint density at radius 3 is 2.00 bits per heavy atom. The Bertz CT molecular complexity index is 24.0. The first kappa shape index (κ1) is 10.5. The minimum absolute atomic E-state index is 0.908. The van der Waals surface area contributed by atoms with E-state index in [1.807, 2.05) is 0 Å². The van der Waals surface area contributed by atoms with Crippen LogP contribution in [0.15, 0.2) is 0 Å². The van der Waals surface area contributed by atoms with Crippen LogP contribution in [-0.4, -0.2) is 93.0 Å². The van der Waals surface area contributed by atoms with Gasteiger partial charge in [-0.15, -0.1) is 0 Å². The van der Waals surface area contributed by atoms with Gasteiger partial charge in [0.05, 0.1) is 0 Å². The van der Waals surface area contributed by atoms with Crippen molar-refractivity contribution in [1.29, 1.82) is 0 Å². The van der Waals surface area contributed by atoms with Crippen LogP contribution in [0.4, 0.5) is 0 Å². The first-order chi connectivity index (χ1) is 4.00. The zero-order chi connectivity index (χ0) is 5.66. The average Bonchev–Trinajstić information content (AvgIpc) is 1.62. The summed E-state index contributed by atoms with van der Waals surface area (Å²) < 4.78 is 0. The van der Waals surface area contributed by atoms with Crippen molar-refractivity contribution < 1.29 is 0 Å². The van der Waals surface area contributed by atoms with Gasteiger partial charge in [-0.25, -0.2) is 0 Å². The predicted octanol–water partition coefficient (Wildman–Crippen LogP) is -3.85. The van der Waals surface area contributed by atoms with E-state index in [1.54, 1.807) is 0 Å². The molecule has 1 fully saturated rings. The molecule has 0 bridgehead atoms. The topological polar surface area (TPSA) is 0 Å². The van der Waals surface area contributed by atoms with Crippen molar-refractivity contribution in [3.05, 3.63) is 0 Å². The first-order valence-electron chi connectivity index (χ1n) is 1.74. The SMILES string of the molecule is [As]1[As][AsH-][As][AsH-][As][AsH-][As]1. The molecule has 0 aromatic rings. The minimum atomic E-state index is 0.908. The summed E-state index contributed by atoms with van der Waals surface area (Å²) in [4.78, 5) is 0. The summed E-state index contributed by atoms with van der Waals surface area (Å²) in [5, 5.41) is 0. The molecule has 46 valence electrons. The Balaban J connectivity index is 2.00. The van der Waals surface area contributed by atoms with E-state index in [-0.39, 0.29) is 0 Å². The van der Waals surface area contributed by atoms with Crippen molar-refractivity contribution in [3.63, 3.8) is 0 Å². The van der Waals surface area contributed by atoms with Gasteiger partial charge in [0.25, 0.3) is 0 Å². The Kier molecular flexibility index (Phi) is 10.7. The summed E-state index contributed by atoms with van der Waals surface area (Å²) in [7, 11) is 0. The van der Waals surface area contributed by atoms with Crippen LogP contribution in [0.3, 0.4) is 0 Å². The second-order valence-electron chi connectivity index (χ2n) is 0.813. The van der Waals surface area contributed by atoms with E-state index >= 15 is 0 Å². The van der Waals surface area contributed by atoms with Crippen LogP contribution in [0.5, 0.6) is 0 Å². The van der Waals surface area contributed by atoms with E-state index in [1.165, 1.54) is 46.5 Å². The van der Waals surface area contributed by atoms with Crippen molar-refractivity contribution in [3.8, 4) is 0 Å². The summed E-state index contributed by atoms with van der Waals surface area (Å²) in [5.74, 6) is 0. The Morgan fingerprint density at radius 2 is 1.38 bits per heavy atom. The van der Waals surface area contributed by atoms with Crippen molar-refractivity contribution >= 4 is 93.0 Å². The van der Waals surface area contributed by atoms with Gasteiger partial charge in [0.1, 0.15) is 0 Å². The molecule has 1 aliphatic rings. The Labute approximate surface area is 90.2 Å². The van der Waals surface area contributed by atoms with Crippen molar-refractivity contribution in [2.45, 2.75) is 0 Å². The van der Waals surface area contributed by atoms with E-state index in [9.17, 15) is 0 Å². The fourth-order valence-electron chi connectivity index (χ4n) is 0.177. The normalized spacial score (nSPS) is 48.0. The number of rotatable bonds is 0. The van der Waals surface area contributed by atoms with Gasteiger partial charge in [0.2, 0.25) is 0 Å². The van der Waals surface area contributed by atoms with E-state index < -0.39 is 0 Å². The molecule has 0 amide bonds. The summed E-state index contributed by atoms with van der Waals surface area (Å²) in [5.41, 5.74) is 0. The third-order valence-corrected chi connectivity index (χ3v) is 276. The van der Waals surface area contributed by atoms with Crippen molar-refractivity contribution in [2.24, 2.45) is 0 Å². The maximum absolute atomic E-state index is 1.20. The molecule has 0 aromatic heterocycles. The van der Waals surface area contributed by atoms with Gasteiger partial charge >= 0.3 is 93.0 Å². The second kappa shape index (κ2) is 8.08. The molecular formula is H3As8-3. The fourth-order valence-corrected chi connectivity index (χ4v) is 670. The summed E-state index contributed by atoms with van der Waals surface area (Å²) in [6.07, 6.45) is 0. The molecule has 0 nitrogen and oxygen atoms in total. The van der Waals surface area contributed by atoms with Gasteiger partial charge in [-0.3, -0.25) is 0 Å². The molecule has 0 aliphatic carbocycles. The van der Waals surface area contributed by atoms with Crippen molar-refractivity contribution in [2.75, 3.05) is 0 Å². The van der Waals surface area contributed by atoms with Crippen LogP contribution in [0, 0.1) is 0 Å². The Morgan fingerprint density at radius 1 is 0.750 bits per heavy atom. The molecule has 0 N–H and O–H groups in total. The average molecular weight is 602 g/mol. The summed E-state index contributed by atoms with van der Waals surface area (Å²) in [6, 6.07) is 0. The predicted molar refractivity (Wildman–Crippen MR) is 50.2 cm³/mol. The van der Waals surface area contributed by atoms with Crippen LogP contribution >= 0.6 is 0 Å². The molecule has 0 spiro atoms. The molecule has 8 heteroatoms. The molecule has 1 aliphatic heterocycles. The van der Waals surface area contributed by atoms with Crippen molar-refractivity contribution in [1.82, 2.24) is 0 Å². The van der Waals surface area contributed by atoms with E-state index in [4.69, 9.17) is 0 Å². The number of hydrogen-bond donors (Lipinski definition) is 0. The van der Waals surface area contributed by atoms with Crippen LogP contribution in [0.2, 0.25) is 0 Å². The molecule has 1 heterocycles. The summed E-state index contributed by atoms with van der Waals surface area (Å²) in [6.45, 7) is 0. The molecule has 1 saturated heterocycles. The molecular weight excluding hydrogens is 599 g/mol. The van der Waals surface area contributed by atoms with Crippen LogP contribution in [-0.2, 0) is 0 Å². The zero-order valence-corrected chi connectivity index (χ0v) is 19.4. The van der Waals surface area contributed by atoms with Crippen LogP contribution in [0.25, 0.3) is 0 Å². The standard InChI is InChI=1S/As8H3/c1-2-4-6-8-7-5-3-1/h1,4-5H/q-3. The maximum atomic E-state index is 1.20. The molecule has 2 atom stereocenters. The molecule has 0 aromatic carbocycles. The second-order valence-corrected chi connectivity index (χ2v) is 114. The van der Waals surface area contributed by atoms with Gasteiger partial charge in [0, 0.05) is 0 Å². The summed E-state index contributed by atoms with van der Waals surface area (Å²) >= 11 is 8.62. The molecule has 8 radical (unpaired) electrons. The van der Waals surface area contributed by atoms with Gasteiger partial charge in [-0.1, -0.05) is 0 Å². The third-order valence-electron chi connectivity index (χ3n) is 0.379. The van der Waals surface area contributed by atoms with E-state index in [0.717, 1.165) is 46.5 Å². The molecule has 8 heavy (non-hydrogen) atoms. The first-order valence-corrected chi connectivity index (χ1v) is 47.0. The monoisotopic (exact) mass is 602 g/mol. The van der Waals surface area contributed by atoms with E-state index in [0.29, 0.717) is 0 Å². The third kappa shape index (κ3) is 6.04. The molecule has 0 saturated carbocycles. The van der Waals surface area contributed by atoms with E-state index in [2.05, 4.69) is 0 Å². The molecule has 2 unspecified atom stereocenters. The quantitative estimate of drug-likeness (QED) is 0.250. The van der Waals surface area contributed by atoms with Crippen LogP contribution < -0.4 is 0 Å².